The molecule has 2 atom stereocenters. The molecule has 2 bridgehead atoms. The van der Waals surface area contributed by atoms with Crippen LogP contribution in [0.2, 0.25) is 0 Å². The average Bonchev–Trinajstić information content (AvgIpc) is 2.94. The predicted octanol–water partition coefficient (Wildman–Crippen LogP) is 2.48. The van der Waals surface area contributed by atoms with E-state index < -0.39 is 21.4 Å². The van der Waals surface area contributed by atoms with E-state index in [4.69, 9.17) is 4.28 Å². The summed E-state index contributed by atoms with van der Waals surface area (Å²) in [5.41, 5.74) is -0.0666. The summed E-state index contributed by atoms with van der Waals surface area (Å²) in [6, 6.07) is 6.78. The standard InChI is InChI=1S/C20H28N2O5S/c1-19(2)15-10-11-20(19,17(23)12-15)13-28(25,26)27-22(5)18(24)14-6-8-16(9-7-14)21(3)4/h6-9,15H,10-13H2,1-5H3. The van der Waals surface area contributed by atoms with Crippen molar-refractivity contribution in [2.24, 2.45) is 16.7 Å². The Hall–Kier alpha value is -1.93. The highest BCUT2D eigenvalue weighted by atomic mass is 32.2. The van der Waals surface area contributed by atoms with E-state index in [0.717, 1.165) is 17.2 Å². The fourth-order valence-electron chi connectivity index (χ4n) is 4.72. The van der Waals surface area contributed by atoms with Crippen molar-refractivity contribution in [1.29, 1.82) is 0 Å². The van der Waals surface area contributed by atoms with Crippen LogP contribution in [0.5, 0.6) is 0 Å². The molecule has 8 heteroatoms. The Labute approximate surface area is 166 Å². The molecular formula is C20H28N2O5S. The zero-order valence-corrected chi connectivity index (χ0v) is 17.9. The fraction of sp³-hybridized carbons (Fsp3) is 0.600. The molecule has 2 aliphatic rings. The maximum absolute atomic E-state index is 12.7. The topological polar surface area (TPSA) is 84.0 Å². The summed E-state index contributed by atoms with van der Waals surface area (Å²) in [7, 11) is 0.936. The van der Waals surface area contributed by atoms with Gasteiger partial charge in [0.1, 0.15) is 5.78 Å². The van der Waals surface area contributed by atoms with Crippen molar-refractivity contribution >= 4 is 27.5 Å². The first-order valence-electron chi connectivity index (χ1n) is 9.41. The van der Waals surface area contributed by atoms with Gasteiger partial charge in [-0.2, -0.15) is 8.42 Å². The van der Waals surface area contributed by atoms with Crippen LogP contribution in [-0.2, 0) is 19.2 Å². The summed E-state index contributed by atoms with van der Waals surface area (Å²) < 4.78 is 30.5. The largest absolute Gasteiger partial charge is 0.378 e. The molecule has 0 aromatic heterocycles. The number of anilines is 1. The van der Waals surface area contributed by atoms with Crippen LogP contribution in [0.15, 0.2) is 24.3 Å². The lowest BCUT2D eigenvalue weighted by Gasteiger charge is -2.36. The molecule has 0 saturated heterocycles. The van der Waals surface area contributed by atoms with Crippen molar-refractivity contribution in [3.05, 3.63) is 29.8 Å². The third kappa shape index (κ3) is 3.33. The molecule has 1 aromatic rings. The van der Waals surface area contributed by atoms with Crippen LogP contribution in [0.25, 0.3) is 0 Å². The van der Waals surface area contributed by atoms with Gasteiger partial charge in [0, 0.05) is 38.8 Å². The van der Waals surface area contributed by atoms with Gasteiger partial charge in [0.15, 0.2) is 0 Å². The van der Waals surface area contributed by atoms with E-state index in [1.54, 1.807) is 24.3 Å². The summed E-state index contributed by atoms with van der Waals surface area (Å²) >= 11 is 0. The van der Waals surface area contributed by atoms with Crippen molar-refractivity contribution in [2.45, 2.75) is 33.1 Å². The molecule has 0 N–H and O–H groups in total. The number of benzene rings is 1. The highest BCUT2D eigenvalue weighted by Gasteiger charge is 2.65. The normalized spacial score (nSPS) is 25.8. The Kier molecular flexibility index (Phi) is 5.08. The third-order valence-electron chi connectivity index (χ3n) is 6.70. The molecular weight excluding hydrogens is 380 g/mol. The number of carbonyl (C=O) groups excluding carboxylic acids is 2. The molecule has 1 aromatic carbocycles. The Morgan fingerprint density at radius 3 is 2.25 bits per heavy atom. The van der Waals surface area contributed by atoms with Gasteiger partial charge in [0.2, 0.25) is 0 Å². The van der Waals surface area contributed by atoms with Gasteiger partial charge in [0.25, 0.3) is 16.0 Å². The van der Waals surface area contributed by atoms with E-state index in [1.165, 1.54) is 7.05 Å². The molecule has 28 heavy (non-hydrogen) atoms. The number of hydrogen-bond donors (Lipinski definition) is 0. The number of Topliss-reactive ketones (excluding diaryl/α,β-unsaturated/α-hetero) is 1. The molecule has 0 heterocycles. The minimum Gasteiger partial charge on any atom is -0.378 e. The summed E-state index contributed by atoms with van der Waals surface area (Å²) in [6.45, 7) is 3.93. The van der Waals surface area contributed by atoms with Crippen LogP contribution in [-0.4, -0.2) is 52.1 Å². The molecule has 2 unspecified atom stereocenters. The molecule has 2 saturated carbocycles. The van der Waals surface area contributed by atoms with Crippen molar-refractivity contribution in [3.63, 3.8) is 0 Å². The maximum Gasteiger partial charge on any atom is 0.289 e. The first kappa shape index (κ1) is 20.8. The molecule has 2 fully saturated rings. The fourth-order valence-corrected chi connectivity index (χ4v) is 6.47. The highest BCUT2D eigenvalue weighted by molar-refractivity contribution is 7.86. The minimum absolute atomic E-state index is 0.00539. The molecule has 2 aliphatic carbocycles. The molecule has 7 nitrogen and oxygen atoms in total. The van der Waals surface area contributed by atoms with Crippen molar-refractivity contribution in [3.8, 4) is 0 Å². The van der Waals surface area contributed by atoms with Gasteiger partial charge in [0.05, 0.1) is 11.2 Å². The quantitative estimate of drug-likeness (QED) is 0.673. The van der Waals surface area contributed by atoms with E-state index in [2.05, 4.69) is 0 Å². The lowest BCUT2D eigenvalue weighted by molar-refractivity contribution is -0.128. The summed E-state index contributed by atoms with van der Waals surface area (Å²) in [5.74, 6) is -0.744. The molecule has 0 spiro atoms. The van der Waals surface area contributed by atoms with Gasteiger partial charge in [-0.1, -0.05) is 13.8 Å². The van der Waals surface area contributed by atoms with Crippen molar-refractivity contribution in [1.82, 2.24) is 5.06 Å². The Morgan fingerprint density at radius 1 is 1.18 bits per heavy atom. The Bertz CT molecular complexity index is 892. The van der Waals surface area contributed by atoms with Gasteiger partial charge >= 0.3 is 0 Å². The average molecular weight is 409 g/mol. The number of rotatable bonds is 6. The van der Waals surface area contributed by atoms with E-state index >= 15 is 0 Å². The van der Waals surface area contributed by atoms with Crippen molar-refractivity contribution in [2.75, 3.05) is 31.8 Å². The summed E-state index contributed by atoms with van der Waals surface area (Å²) in [4.78, 5) is 27.0. The number of ketones is 1. The first-order chi connectivity index (χ1) is 12.9. The number of amides is 1. The third-order valence-corrected chi connectivity index (χ3v) is 8.00. The zero-order valence-electron chi connectivity index (χ0n) is 17.1. The molecule has 3 rings (SSSR count). The second-order valence-electron chi connectivity index (χ2n) is 8.69. The predicted molar refractivity (Wildman–Crippen MR) is 106 cm³/mol. The number of hydrogen-bond acceptors (Lipinski definition) is 6. The Balaban J connectivity index is 1.73. The lowest BCUT2D eigenvalue weighted by Crippen LogP contribution is -2.44. The van der Waals surface area contributed by atoms with Crippen LogP contribution in [0.3, 0.4) is 0 Å². The summed E-state index contributed by atoms with van der Waals surface area (Å²) in [6.07, 6.45) is 1.83. The van der Waals surface area contributed by atoms with E-state index in [1.807, 2.05) is 32.8 Å². The van der Waals surface area contributed by atoms with Gasteiger partial charge in [-0.15, -0.1) is 4.28 Å². The first-order valence-corrected chi connectivity index (χ1v) is 11.0. The van der Waals surface area contributed by atoms with E-state index in [-0.39, 0.29) is 22.9 Å². The smallest absolute Gasteiger partial charge is 0.289 e. The van der Waals surface area contributed by atoms with Crippen LogP contribution >= 0.6 is 0 Å². The van der Waals surface area contributed by atoms with Gasteiger partial charge < -0.3 is 4.90 Å². The zero-order chi connectivity index (χ0) is 20.9. The molecule has 0 aliphatic heterocycles. The Morgan fingerprint density at radius 2 is 1.79 bits per heavy atom. The minimum atomic E-state index is -4.11. The van der Waals surface area contributed by atoms with Gasteiger partial charge in [-0.3, -0.25) is 9.59 Å². The van der Waals surface area contributed by atoms with Gasteiger partial charge in [-0.25, -0.2) is 5.06 Å². The monoisotopic (exact) mass is 408 g/mol. The highest BCUT2D eigenvalue weighted by Crippen LogP contribution is 2.64. The summed E-state index contributed by atoms with van der Waals surface area (Å²) in [5, 5.41) is 0.732. The van der Waals surface area contributed by atoms with Crippen LogP contribution in [0.4, 0.5) is 5.69 Å². The molecule has 0 radical (unpaired) electrons. The number of fused-ring (bicyclic) bond motifs is 2. The number of hydroxylamine groups is 2. The maximum atomic E-state index is 12.7. The van der Waals surface area contributed by atoms with Crippen LogP contribution in [0, 0.1) is 16.7 Å². The van der Waals surface area contributed by atoms with E-state index in [0.29, 0.717) is 18.4 Å². The van der Waals surface area contributed by atoms with Gasteiger partial charge in [-0.05, 0) is 48.4 Å². The second-order valence-corrected chi connectivity index (χ2v) is 10.2. The SMILES string of the molecule is CN(OS(=O)(=O)CC12CCC(CC1=O)C2(C)C)C(=O)c1ccc(N(C)C)cc1. The van der Waals surface area contributed by atoms with Crippen molar-refractivity contribution < 1.29 is 22.3 Å². The lowest BCUT2D eigenvalue weighted by atomic mass is 9.70. The van der Waals surface area contributed by atoms with Crippen LogP contribution < -0.4 is 4.90 Å². The van der Waals surface area contributed by atoms with Crippen LogP contribution in [0.1, 0.15) is 43.5 Å². The van der Waals surface area contributed by atoms with E-state index in [9.17, 15) is 18.0 Å². The number of carbonyl (C=O) groups is 2. The molecule has 154 valence electrons. The number of nitrogens with zero attached hydrogens (tertiary/aromatic N) is 2. The second kappa shape index (κ2) is 6.84. The molecule has 1 amide bonds.